The fourth-order valence-electron chi connectivity index (χ4n) is 1.80. The third-order valence-corrected chi connectivity index (χ3v) is 3.76. The minimum Gasteiger partial charge on any atom is -0.394 e. The highest BCUT2D eigenvalue weighted by Gasteiger charge is 2.21. The van der Waals surface area contributed by atoms with E-state index in [4.69, 9.17) is 9.84 Å². The second-order valence-electron chi connectivity index (χ2n) is 3.69. The minimum atomic E-state index is 0.0993. The Labute approximate surface area is 100 Å². The number of thioether (sulfide) groups is 1. The quantitative estimate of drug-likeness (QED) is 0.737. The van der Waals surface area contributed by atoms with Crippen LogP contribution in [0, 0.1) is 0 Å². The Morgan fingerprint density at radius 3 is 3.12 bits per heavy atom. The summed E-state index contributed by atoms with van der Waals surface area (Å²) in [6.07, 6.45) is 0. The summed E-state index contributed by atoms with van der Waals surface area (Å²) < 4.78 is 5.21. The van der Waals surface area contributed by atoms with Crippen molar-refractivity contribution in [2.24, 2.45) is 0 Å². The van der Waals surface area contributed by atoms with Gasteiger partial charge in [0.15, 0.2) is 0 Å². The number of benzene rings is 1. The molecule has 16 heavy (non-hydrogen) atoms. The SMILES string of the molecule is OCCOCCNC1CSc2ccccc21. The smallest absolute Gasteiger partial charge is 0.0698 e. The highest BCUT2D eigenvalue weighted by atomic mass is 32.2. The molecule has 1 aromatic rings. The van der Waals surface area contributed by atoms with Crippen molar-refractivity contribution in [3.63, 3.8) is 0 Å². The molecule has 1 aromatic carbocycles. The maximum absolute atomic E-state index is 8.56. The van der Waals surface area contributed by atoms with Crippen LogP contribution in [0.5, 0.6) is 0 Å². The Bertz CT molecular complexity index is 333. The Kier molecular flexibility index (Phi) is 4.66. The van der Waals surface area contributed by atoms with E-state index >= 15 is 0 Å². The molecule has 88 valence electrons. The molecule has 0 radical (unpaired) electrons. The van der Waals surface area contributed by atoms with Crippen molar-refractivity contribution in [3.05, 3.63) is 29.8 Å². The van der Waals surface area contributed by atoms with Crippen molar-refractivity contribution in [1.29, 1.82) is 0 Å². The maximum atomic E-state index is 8.56. The monoisotopic (exact) mass is 239 g/mol. The van der Waals surface area contributed by atoms with E-state index in [1.54, 1.807) is 0 Å². The summed E-state index contributed by atoms with van der Waals surface area (Å²) in [5, 5.41) is 12.0. The van der Waals surface area contributed by atoms with Gasteiger partial charge < -0.3 is 15.2 Å². The fraction of sp³-hybridized carbons (Fsp3) is 0.500. The third-order valence-electron chi connectivity index (χ3n) is 2.57. The molecule has 1 aliphatic heterocycles. The highest BCUT2D eigenvalue weighted by molar-refractivity contribution is 7.99. The lowest BCUT2D eigenvalue weighted by molar-refractivity contribution is 0.0929. The topological polar surface area (TPSA) is 41.5 Å². The normalized spacial score (nSPS) is 18.7. The van der Waals surface area contributed by atoms with E-state index in [1.807, 2.05) is 11.8 Å². The first-order chi connectivity index (χ1) is 7.92. The molecular weight excluding hydrogens is 222 g/mol. The maximum Gasteiger partial charge on any atom is 0.0698 e. The number of fused-ring (bicyclic) bond motifs is 1. The number of aliphatic hydroxyl groups excluding tert-OH is 1. The lowest BCUT2D eigenvalue weighted by Gasteiger charge is -2.12. The van der Waals surface area contributed by atoms with Gasteiger partial charge in [0.25, 0.3) is 0 Å². The number of ether oxygens (including phenoxy) is 1. The second-order valence-corrected chi connectivity index (χ2v) is 4.75. The summed E-state index contributed by atoms with van der Waals surface area (Å²) in [6, 6.07) is 8.96. The van der Waals surface area contributed by atoms with E-state index in [9.17, 15) is 0 Å². The van der Waals surface area contributed by atoms with Crippen LogP contribution in [0.15, 0.2) is 29.2 Å². The molecule has 0 saturated heterocycles. The summed E-state index contributed by atoms with van der Waals surface area (Å²) in [7, 11) is 0. The number of aliphatic hydroxyl groups is 1. The second kappa shape index (κ2) is 6.25. The highest BCUT2D eigenvalue weighted by Crippen LogP contribution is 2.37. The average Bonchev–Trinajstić information content (AvgIpc) is 2.73. The van der Waals surface area contributed by atoms with Gasteiger partial charge in [-0.15, -0.1) is 11.8 Å². The molecule has 0 spiro atoms. The molecule has 1 unspecified atom stereocenters. The third kappa shape index (κ3) is 2.98. The summed E-state index contributed by atoms with van der Waals surface area (Å²) in [5.74, 6) is 1.10. The molecule has 1 heterocycles. The standard InChI is InChI=1S/C12H17NO2S/c14-6-8-15-7-5-13-11-9-16-12-4-2-1-3-10(11)12/h1-4,11,13-14H,5-9H2. The molecular formula is C12H17NO2S. The molecule has 0 aromatic heterocycles. The van der Waals surface area contributed by atoms with Crippen LogP contribution in [-0.2, 0) is 4.74 Å². The lowest BCUT2D eigenvalue weighted by Crippen LogP contribution is -2.25. The van der Waals surface area contributed by atoms with Gasteiger partial charge in [-0.3, -0.25) is 0 Å². The van der Waals surface area contributed by atoms with Crippen LogP contribution in [0.4, 0.5) is 0 Å². The molecule has 0 bridgehead atoms. The number of rotatable bonds is 6. The van der Waals surface area contributed by atoms with E-state index in [0.717, 1.165) is 12.3 Å². The molecule has 4 heteroatoms. The predicted octanol–water partition coefficient (Wildman–Crippen LogP) is 1.43. The molecule has 2 N–H and O–H groups in total. The van der Waals surface area contributed by atoms with Crippen molar-refractivity contribution in [1.82, 2.24) is 5.32 Å². The van der Waals surface area contributed by atoms with Crippen molar-refractivity contribution >= 4 is 11.8 Å². The van der Waals surface area contributed by atoms with E-state index in [1.165, 1.54) is 10.5 Å². The van der Waals surface area contributed by atoms with Gasteiger partial charge in [-0.05, 0) is 11.6 Å². The summed E-state index contributed by atoms with van der Waals surface area (Å²) in [6.45, 7) is 2.02. The Morgan fingerprint density at radius 1 is 1.38 bits per heavy atom. The first kappa shape index (κ1) is 11.9. The predicted molar refractivity (Wildman–Crippen MR) is 65.8 cm³/mol. The number of hydrogen-bond acceptors (Lipinski definition) is 4. The zero-order valence-corrected chi connectivity index (χ0v) is 10.0. The van der Waals surface area contributed by atoms with Gasteiger partial charge in [0, 0.05) is 23.2 Å². The molecule has 1 atom stereocenters. The number of nitrogens with one attached hydrogen (secondary N) is 1. The van der Waals surface area contributed by atoms with Crippen molar-refractivity contribution in [2.45, 2.75) is 10.9 Å². The van der Waals surface area contributed by atoms with Gasteiger partial charge >= 0.3 is 0 Å². The van der Waals surface area contributed by atoms with Gasteiger partial charge in [0.1, 0.15) is 0 Å². The molecule has 0 amide bonds. The van der Waals surface area contributed by atoms with Gasteiger partial charge in [0.05, 0.1) is 19.8 Å². The van der Waals surface area contributed by atoms with E-state index in [-0.39, 0.29) is 6.61 Å². The largest absolute Gasteiger partial charge is 0.394 e. The van der Waals surface area contributed by atoms with E-state index < -0.39 is 0 Å². The first-order valence-electron chi connectivity index (χ1n) is 5.55. The van der Waals surface area contributed by atoms with Crippen molar-refractivity contribution < 1.29 is 9.84 Å². The zero-order chi connectivity index (χ0) is 11.2. The summed E-state index contributed by atoms with van der Waals surface area (Å²) in [4.78, 5) is 1.39. The van der Waals surface area contributed by atoms with Crippen LogP contribution in [-0.4, -0.2) is 37.2 Å². The van der Waals surface area contributed by atoms with Crippen LogP contribution < -0.4 is 5.32 Å². The minimum absolute atomic E-state index is 0.0993. The van der Waals surface area contributed by atoms with E-state index in [2.05, 4.69) is 29.6 Å². The van der Waals surface area contributed by atoms with E-state index in [0.29, 0.717) is 19.3 Å². The van der Waals surface area contributed by atoms with Crippen LogP contribution in [0.25, 0.3) is 0 Å². The lowest BCUT2D eigenvalue weighted by atomic mass is 10.1. The summed E-state index contributed by atoms with van der Waals surface area (Å²) in [5.41, 5.74) is 1.40. The van der Waals surface area contributed by atoms with Gasteiger partial charge in [0.2, 0.25) is 0 Å². The fourth-order valence-corrected chi connectivity index (χ4v) is 3.00. The molecule has 3 nitrogen and oxygen atoms in total. The van der Waals surface area contributed by atoms with Crippen LogP contribution in [0.1, 0.15) is 11.6 Å². The molecule has 0 fully saturated rings. The Hall–Kier alpha value is -0.550. The molecule has 2 rings (SSSR count). The molecule has 0 saturated carbocycles. The van der Waals surface area contributed by atoms with Gasteiger partial charge in [-0.25, -0.2) is 0 Å². The number of hydrogen-bond donors (Lipinski definition) is 2. The molecule has 1 aliphatic rings. The van der Waals surface area contributed by atoms with Crippen molar-refractivity contribution in [2.75, 3.05) is 32.1 Å². The summed E-state index contributed by atoms with van der Waals surface area (Å²) >= 11 is 1.90. The van der Waals surface area contributed by atoms with Crippen LogP contribution in [0.3, 0.4) is 0 Å². The Balaban J connectivity index is 1.76. The first-order valence-corrected chi connectivity index (χ1v) is 6.54. The van der Waals surface area contributed by atoms with Gasteiger partial charge in [-0.2, -0.15) is 0 Å². The van der Waals surface area contributed by atoms with Crippen LogP contribution in [0.2, 0.25) is 0 Å². The molecule has 0 aliphatic carbocycles. The zero-order valence-electron chi connectivity index (χ0n) is 9.19. The van der Waals surface area contributed by atoms with Crippen LogP contribution >= 0.6 is 11.8 Å². The average molecular weight is 239 g/mol. The van der Waals surface area contributed by atoms with Gasteiger partial charge in [-0.1, -0.05) is 18.2 Å². The van der Waals surface area contributed by atoms with Crippen molar-refractivity contribution in [3.8, 4) is 0 Å². The Morgan fingerprint density at radius 2 is 2.25 bits per heavy atom.